The van der Waals surface area contributed by atoms with Gasteiger partial charge in [-0.1, -0.05) is 39.0 Å². The van der Waals surface area contributed by atoms with Gasteiger partial charge in [0, 0.05) is 17.8 Å². The lowest BCUT2D eigenvalue weighted by Gasteiger charge is -2.34. The number of carbonyl (C=O) groups is 1. The summed E-state index contributed by atoms with van der Waals surface area (Å²) in [6.45, 7) is 10.6. The highest BCUT2D eigenvalue weighted by atomic mass is 16.2. The summed E-state index contributed by atoms with van der Waals surface area (Å²) in [6, 6.07) is 8.52. The zero-order chi connectivity index (χ0) is 15.1. The van der Waals surface area contributed by atoms with Gasteiger partial charge in [-0.25, -0.2) is 4.79 Å². The van der Waals surface area contributed by atoms with Crippen molar-refractivity contribution in [2.45, 2.75) is 66.0 Å². The summed E-state index contributed by atoms with van der Waals surface area (Å²) in [5.41, 5.74) is 2.10. The Morgan fingerprint density at radius 2 is 1.65 bits per heavy atom. The van der Waals surface area contributed by atoms with Gasteiger partial charge in [0.15, 0.2) is 0 Å². The SMILES string of the molecule is CCc1ccccc1NC(=O)N([C@H](C)CC)[C@@H](C)CC. The van der Waals surface area contributed by atoms with Crippen molar-refractivity contribution in [3.05, 3.63) is 29.8 Å². The first-order chi connectivity index (χ1) is 9.54. The third-order valence-corrected chi connectivity index (χ3v) is 4.01. The fraction of sp³-hybridized carbons (Fsp3) is 0.588. The molecule has 1 N–H and O–H groups in total. The summed E-state index contributed by atoms with van der Waals surface area (Å²) < 4.78 is 0. The van der Waals surface area contributed by atoms with Crippen molar-refractivity contribution in [1.82, 2.24) is 4.90 Å². The first kappa shape index (κ1) is 16.5. The standard InChI is InChI=1S/C17H28N2O/c1-6-13(4)19(14(5)7-2)17(20)18-16-12-10-9-11-15(16)8-3/h9-14H,6-8H2,1-5H3,(H,18,20)/t13-,14+. The van der Waals surface area contributed by atoms with Crippen LogP contribution in [-0.4, -0.2) is 23.0 Å². The molecule has 3 nitrogen and oxygen atoms in total. The molecule has 2 atom stereocenters. The predicted octanol–water partition coefficient (Wildman–Crippen LogP) is 4.68. The molecule has 3 heteroatoms. The molecule has 0 radical (unpaired) electrons. The normalized spacial score (nSPS) is 13.7. The molecular weight excluding hydrogens is 248 g/mol. The number of hydrogen-bond acceptors (Lipinski definition) is 1. The molecule has 112 valence electrons. The van der Waals surface area contributed by atoms with Crippen molar-refractivity contribution in [3.8, 4) is 0 Å². The molecule has 1 aromatic carbocycles. The zero-order valence-corrected chi connectivity index (χ0v) is 13.4. The van der Waals surface area contributed by atoms with Gasteiger partial charge in [-0.3, -0.25) is 0 Å². The second-order valence-electron chi connectivity index (χ2n) is 5.36. The molecule has 1 rings (SSSR count). The zero-order valence-electron chi connectivity index (χ0n) is 13.4. The fourth-order valence-electron chi connectivity index (χ4n) is 2.36. The number of carbonyl (C=O) groups excluding carboxylic acids is 1. The fourth-order valence-corrected chi connectivity index (χ4v) is 2.36. The van der Waals surface area contributed by atoms with E-state index in [4.69, 9.17) is 0 Å². The van der Waals surface area contributed by atoms with Gasteiger partial charge in [0.2, 0.25) is 0 Å². The monoisotopic (exact) mass is 276 g/mol. The third-order valence-electron chi connectivity index (χ3n) is 4.01. The molecule has 0 saturated heterocycles. The van der Waals surface area contributed by atoms with Crippen molar-refractivity contribution in [2.75, 3.05) is 5.32 Å². The number of benzene rings is 1. The number of urea groups is 1. The van der Waals surface area contributed by atoms with E-state index in [0.717, 1.165) is 24.9 Å². The van der Waals surface area contributed by atoms with Crippen LogP contribution in [0.4, 0.5) is 10.5 Å². The van der Waals surface area contributed by atoms with E-state index < -0.39 is 0 Å². The first-order valence-electron chi connectivity index (χ1n) is 7.72. The topological polar surface area (TPSA) is 32.3 Å². The third kappa shape index (κ3) is 3.99. The van der Waals surface area contributed by atoms with Crippen LogP contribution in [0.15, 0.2) is 24.3 Å². The van der Waals surface area contributed by atoms with E-state index in [9.17, 15) is 4.79 Å². The van der Waals surface area contributed by atoms with Crippen LogP contribution in [0.2, 0.25) is 0 Å². The lowest BCUT2D eigenvalue weighted by atomic mass is 10.1. The maximum absolute atomic E-state index is 12.6. The van der Waals surface area contributed by atoms with Crippen LogP contribution < -0.4 is 5.32 Å². The highest BCUT2D eigenvalue weighted by Gasteiger charge is 2.23. The van der Waals surface area contributed by atoms with E-state index in [0.29, 0.717) is 0 Å². The number of nitrogens with zero attached hydrogens (tertiary/aromatic N) is 1. The van der Waals surface area contributed by atoms with Gasteiger partial charge in [0.25, 0.3) is 0 Å². The summed E-state index contributed by atoms with van der Waals surface area (Å²) in [5.74, 6) is 0. The Morgan fingerprint density at radius 1 is 1.10 bits per heavy atom. The van der Waals surface area contributed by atoms with Crippen LogP contribution >= 0.6 is 0 Å². The van der Waals surface area contributed by atoms with Gasteiger partial charge in [0.05, 0.1) is 0 Å². The average molecular weight is 276 g/mol. The molecular formula is C17H28N2O. The van der Waals surface area contributed by atoms with Crippen LogP contribution in [0.3, 0.4) is 0 Å². The summed E-state index contributed by atoms with van der Waals surface area (Å²) in [5, 5.41) is 3.08. The van der Waals surface area contributed by atoms with Crippen LogP contribution in [0, 0.1) is 0 Å². The minimum absolute atomic E-state index is 0.00889. The minimum atomic E-state index is 0.00889. The Labute approximate surface area is 123 Å². The second-order valence-corrected chi connectivity index (χ2v) is 5.36. The molecule has 0 aliphatic carbocycles. The summed E-state index contributed by atoms with van der Waals surface area (Å²) >= 11 is 0. The van der Waals surface area contributed by atoms with E-state index >= 15 is 0 Å². The largest absolute Gasteiger partial charge is 0.322 e. The Kier molecular flexibility index (Phi) is 6.56. The van der Waals surface area contributed by atoms with Crippen LogP contribution in [0.1, 0.15) is 53.0 Å². The molecule has 0 bridgehead atoms. The predicted molar refractivity (Wildman–Crippen MR) is 86.2 cm³/mol. The summed E-state index contributed by atoms with van der Waals surface area (Å²) in [6.07, 6.45) is 2.85. The first-order valence-corrected chi connectivity index (χ1v) is 7.72. The molecule has 2 amide bonds. The lowest BCUT2D eigenvalue weighted by molar-refractivity contribution is 0.163. The van der Waals surface area contributed by atoms with Gasteiger partial charge < -0.3 is 10.2 Å². The molecule has 0 unspecified atom stereocenters. The van der Waals surface area contributed by atoms with Crippen LogP contribution in [0.25, 0.3) is 0 Å². The number of aryl methyl sites for hydroxylation is 1. The molecule has 0 heterocycles. The molecule has 0 fully saturated rings. The minimum Gasteiger partial charge on any atom is -0.319 e. The van der Waals surface area contributed by atoms with E-state index in [1.165, 1.54) is 5.56 Å². The van der Waals surface area contributed by atoms with Gasteiger partial charge in [-0.2, -0.15) is 0 Å². The average Bonchev–Trinajstić information content (AvgIpc) is 2.47. The quantitative estimate of drug-likeness (QED) is 0.804. The van der Waals surface area contributed by atoms with E-state index in [-0.39, 0.29) is 18.1 Å². The van der Waals surface area contributed by atoms with Gasteiger partial charge in [-0.15, -0.1) is 0 Å². The summed E-state index contributed by atoms with van der Waals surface area (Å²) in [4.78, 5) is 14.6. The number of amides is 2. The number of nitrogens with one attached hydrogen (secondary N) is 1. The lowest BCUT2D eigenvalue weighted by Crippen LogP contribution is -2.46. The van der Waals surface area contributed by atoms with Crippen molar-refractivity contribution in [2.24, 2.45) is 0 Å². The van der Waals surface area contributed by atoms with Crippen molar-refractivity contribution in [1.29, 1.82) is 0 Å². The van der Waals surface area contributed by atoms with Gasteiger partial charge in [0.1, 0.15) is 0 Å². The van der Waals surface area contributed by atoms with Gasteiger partial charge in [-0.05, 0) is 44.7 Å². The molecule has 1 aromatic rings. The smallest absolute Gasteiger partial charge is 0.319 e. The second kappa shape index (κ2) is 7.93. The molecule has 20 heavy (non-hydrogen) atoms. The Morgan fingerprint density at radius 3 is 2.15 bits per heavy atom. The Bertz CT molecular complexity index is 421. The Balaban J connectivity index is 2.90. The Hall–Kier alpha value is -1.51. The van der Waals surface area contributed by atoms with Crippen LogP contribution in [0.5, 0.6) is 0 Å². The maximum Gasteiger partial charge on any atom is 0.322 e. The van der Waals surface area contributed by atoms with E-state index in [1.807, 2.05) is 23.1 Å². The maximum atomic E-state index is 12.6. The van der Waals surface area contributed by atoms with E-state index in [1.54, 1.807) is 0 Å². The molecule has 0 spiro atoms. The molecule has 0 aliphatic heterocycles. The highest BCUT2D eigenvalue weighted by molar-refractivity contribution is 5.90. The molecule has 0 aromatic heterocycles. The summed E-state index contributed by atoms with van der Waals surface area (Å²) in [7, 11) is 0. The number of para-hydroxylation sites is 1. The molecule has 0 aliphatic rings. The van der Waals surface area contributed by atoms with E-state index in [2.05, 4.69) is 46.0 Å². The van der Waals surface area contributed by atoms with Crippen molar-refractivity contribution >= 4 is 11.7 Å². The van der Waals surface area contributed by atoms with Crippen molar-refractivity contribution in [3.63, 3.8) is 0 Å². The van der Waals surface area contributed by atoms with Crippen molar-refractivity contribution < 1.29 is 4.79 Å². The number of rotatable bonds is 6. The highest BCUT2D eigenvalue weighted by Crippen LogP contribution is 2.19. The molecule has 0 saturated carbocycles. The van der Waals surface area contributed by atoms with Crippen LogP contribution in [-0.2, 0) is 6.42 Å². The number of hydrogen-bond donors (Lipinski definition) is 1. The van der Waals surface area contributed by atoms with Gasteiger partial charge >= 0.3 is 6.03 Å². The number of anilines is 1.